The van der Waals surface area contributed by atoms with Crippen LogP contribution in [0.25, 0.3) is 0 Å². The van der Waals surface area contributed by atoms with Crippen LogP contribution in [0.2, 0.25) is 5.02 Å². The van der Waals surface area contributed by atoms with Crippen molar-refractivity contribution in [1.82, 2.24) is 4.90 Å². The molecule has 2 amide bonds. The Bertz CT molecular complexity index is 1000. The topological polar surface area (TPSA) is 123 Å². The van der Waals surface area contributed by atoms with E-state index in [2.05, 4.69) is 10.6 Å². The standard InChI is InChI=1S/C20H21ClN4O6/c1-2-24(12-20(27)23-15-9-13(21)3-5-16(15)25(28)29)11-19(26)22-14-4-6-17-18(10-14)31-8-7-30-17/h3-6,9-10H,2,7-8,11-12H2,1H3,(H,22,26)(H,23,27). The molecule has 0 spiro atoms. The van der Waals surface area contributed by atoms with E-state index < -0.39 is 10.8 Å². The molecule has 0 fully saturated rings. The first-order valence-electron chi connectivity index (χ1n) is 9.51. The van der Waals surface area contributed by atoms with Crippen LogP contribution in [-0.4, -0.2) is 54.5 Å². The van der Waals surface area contributed by atoms with Crippen LogP contribution in [0.15, 0.2) is 36.4 Å². The van der Waals surface area contributed by atoms with Gasteiger partial charge >= 0.3 is 0 Å². The maximum absolute atomic E-state index is 12.4. The summed E-state index contributed by atoms with van der Waals surface area (Å²) >= 11 is 5.87. The van der Waals surface area contributed by atoms with E-state index in [-0.39, 0.29) is 35.4 Å². The van der Waals surface area contributed by atoms with Gasteiger partial charge < -0.3 is 20.1 Å². The number of hydrogen-bond acceptors (Lipinski definition) is 7. The third-order valence-electron chi connectivity index (χ3n) is 4.44. The normalized spacial score (nSPS) is 12.4. The van der Waals surface area contributed by atoms with Crippen LogP contribution in [0.4, 0.5) is 17.1 Å². The first-order valence-corrected chi connectivity index (χ1v) is 9.89. The number of hydrogen-bond donors (Lipinski definition) is 2. The summed E-state index contributed by atoms with van der Waals surface area (Å²) in [7, 11) is 0. The zero-order chi connectivity index (χ0) is 22.4. The van der Waals surface area contributed by atoms with Crippen molar-refractivity contribution < 1.29 is 24.0 Å². The second kappa shape index (κ2) is 10.1. The number of halogens is 1. The van der Waals surface area contributed by atoms with Gasteiger partial charge in [-0.25, -0.2) is 0 Å². The summed E-state index contributed by atoms with van der Waals surface area (Å²) in [5.41, 5.74) is 0.278. The summed E-state index contributed by atoms with van der Waals surface area (Å²) in [5.74, 6) is 0.351. The van der Waals surface area contributed by atoms with Crippen LogP contribution in [0.1, 0.15) is 6.92 Å². The molecule has 0 aliphatic carbocycles. The van der Waals surface area contributed by atoms with Crippen molar-refractivity contribution in [2.75, 3.05) is 43.5 Å². The van der Waals surface area contributed by atoms with E-state index >= 15 is 0 Å². The molecule has 1 aliphatic heterocycles. The minimum Gasteiger partial charge on any atom is -0.486 e. The van der Waals surface area contributed by atoms with Crippen LogP contribution < -0.4 is 20.1 Å². The predicted octanol–water partition coefficient (Wildman–Crippen LogP) is 2.92. The monoisotopic (exact) mass is 448 g/mol. The van der Waals surface area contributed by atoms with E-state index in [9.17, 15) is 19.7 Å². The number of rotatable bonds is 8. The largest absolute Gasteiger partial charge is 0.486 e. The first kappa shape index (κ1) is 22.3. The lowest BCUT2D eigenvalue weighted by Gasteiger charge is -2.21. The van der Waals surface area contributed by atoms with E-state index in [4.69, 9.17) is 21.1 Å². The number of carbonyl (C=O) groups excluding carboxylic acids is 2. The number of benzene rings is 2. The third kappa shape index (κ3) is 6.06. The quantitative estimate of drug-likeness (QED) is 0.470. The molecule has 1 heterocycles. The van der Waals surface area contributed by atoms with Gasteiger partial charge in [-0.15, -0.1) is 0 Å². The molecular formula is C20H21ClN4O6. The molecule has 0 aromatic heterocycles. The summed E-state index contributed by atoms with van der Waals surface area (Å²) in [6.07, 6.45) is 0. The summed E-state index contributed by atoms with van der Waals surface area (Å²) in [5, 5.41) is 16.6. The van der Waals surface area contributed by atoms with Crippen molar-refractivity contribution in [2.24, 2.45) is 0 Å². The molecule has 0 unspecified atom stereocenters. The highest BCUT2D eigenvalue weighted by Crippen LogP contribution is 2.32. The maximum atomic E-state index is 12.4. The number of anilines is 2. The Morgan fingerprint density at radius 1 is 1.06 bits per heavy atom. The Hall–Kier alpha value is -3.37. The summed E-state index contributed by atoms with van der Waals surface area (Å²) in [6, 6.07) is 8.99. The van der Waals surface area contributed by atoms with Gasteiger partial charge in [-0.3, -0.25) is 24.6 Å². The fraction of sp³-hybridized carbons (Fsp3) is 0.300. The number of amides is 2. The van der Waals surface area contributed by atoms with Crippen LogP contribution in [0.5, 0.6) is 11.5 Å². The molecule has 0 saturated carbocycles. The van der Waals surface area contributed by atoms with Gasteiger partial charge in [0.25, 0.3) is 5.69 Å². The number of nitrogens with one attached hydrogen (secondary N) is 2. The zero-order valence-electron chi connectivity index (χ0n) is 16.7. The first-order chi connectivity index (χ1) is 14.9. The Morgan fingerprint density at radius 3 is 2.42 bits per heavy atom. The van der Waals surface area contributed by atoms with Crippen LogP contribution >= 0.6 is 11.6 Å². The fourth-order valence-corrected chi connectivity index (χ4v) is 3.14. The van der Waals surface area contributed by atoms with E-state index in [0.717, 1.165) is 0 Å². The van der Waals surface area contributed by atoms with Gasteiger partial charge in [0.05, 0.1) is 18.0 Å². The second-order valence-electron chi connectivity index (χ2n) is 6.68. The molecule has 0 radical (unpaired) electrons. The molecule has 0 saturated heterocycles. The summed E-state index contributed by atoms with van der Waals surface area (Å²) in [4.78, 5) is 36.9. The summed E-state index contributed by atoms with van der Waals surface area (Å²) < 4.78 is 10.9. The van der Waals surface area contributed by atoms with Crippen LogP contribution in [0.3, 0.4) is 0 Å². The number of likely N-dealkylation sites (N-methyl/N-ethyl adjacent to an activating group) is 1. The molecule has 164 valence electrons. The maximum Gasteiger partial charge on any atom is 0.292 e. The number of fused-ring (bicyclic) bond motifs is 1. The van der Waals surface area contributed by atoms with Crippen molar-refractivity contribution in [3.63, 3.8) is 0 Å². The highest BCUT2D eigenvalue weighted by molar-refractivity contribution is 6.31. The average molecular weight is 449 g/mol. The molecule has 2 aromatic carbocycles. The molecule has 10 nitrogen and oxygen atoms in total. The minimum atomic E-state index is -0.607. The zero-order valence-corrected chi connectivity index (χ0v) is 17.5. The van der Waals surface area contributed by atoms with E-state index in [1.54, 1.807) is 30.0 Å². The van der Waals surface area contributed by atoms with Crippen molar-refractivity contribution >= 4 is 40.5 Å². The molecular weight excluding hydrogens is 428 g/mol. The van der Waals surface area contributed by atoms with Crippen LogP contribution in [-0.2, 0) is 9.59 Å². The second-order valence-corrected chi connectivity index (χ2v) is 7.11. The molecule has 3 rings (SSSR count). The van der Waals surface area contributed by atoms with Crippen LogP contribution in [0, 0.1) is 10.1 Å². The predicted molar refractivity (Wildman–Crippen MR) is 115 cm³/mol. The van der Waals surface area contributed by atoms with E-state index in [1.807, 2.05) is 0 Å². The fourth-order valence-electron chi connectivity index (χ4n) is 2.96. The van der Waals surface area contributed by atoms with Crippen molar-refractivity contribution in [3.8, 4) is 11.5 Å². The smallest absolute Gasteiger partial charge is 0.292 e. The lowest BCUT2D eigenvalue weighted by molar-refractivity contribution is -0.383. The lowest BCUT2D eigenvalue weighted by Crippen LogP contribution is -2.38. The third-order valence-corrected chi connectivity index (χ3v) is 4.67. The van der Waals surface area contributed by atoms with Gasteiger partial charge in [0.2, 0.25) is 11.8 Å². The van der Waals surface area contributed by atoms with E-state index in [1.165, 1.54) is 18.2 Å². The molecule has 2 N–H and O–H groups in total. The molecule has 11 heteroatoms. The van der Waals surface area contributed by atoms with Gasteiger partial charge in [-0.05, 0) is 30.8 Å². The number of nitro groups is 1. The van der Waals surface area contributed by atoms with Crippen molar-refractivity contribution in [2.45, 2.75) is 6.92 Å². The highest BCUT2D eigenvalue weighted by atomic mass is 35.5. The van der Waals surface area contributed by atoms with Gasteiger partial charge in [0.1, 0.15) is 18.9 Å². The van der Waals surface area contributed by atoms with Gasteiger partial charge in [0, 0.05) is 22.8 Å². The summed E-state index contributed by atoms with van der Waals surface area (Å²) in [6.45, 7) is 2.95. The number of carbonyl (C=O) groups is 2. The molecule has 2 aromatic rings. The van der Waals surface area contributed by atoms with Gasteiger partial charge in [-0.2, -0.15) is 0 Å². The Morgan fingerprint density at radius 2 is 1.74 bits per heavy atom. The highest BCUT2D eigenvalue weighted by Gasteiger charge is 2.19. The Balaban J connectivity index is 1.57. The van der Waals surface area contributed by atoms with Crippen molar-refractivity contribution in [1.29, 1.82) is 0 Å². The van der Waals surface area contributed by atoms with Gasteiger partial charge in [0.15, 0.2) is 11.5 Å². The molecule has 31 heavy (non-hydrogen) atoms. The van der Waals surface area contributed by atoms with Crippen molar-refractivity contribution in [3.05, 3.63) is 51.5 Å². The number of nitrogens with zero attached hydrogens (tertiary/aromatic N) is 2. The minimum absolute atomic E-state index is 0.000664. The molecule has 0 bridgehead atoms. The number of ether oxygens (including phenoxy) is 2. The molecule has 1 aliphatic rings. The SMILES string of the molecule is CCN(CC(=O)Nc1ccc2c(c1)OCCO2)CC(=O)Nc1cc(Cl)ccc1[N+](=O)[O-]. The lowest BCUT2D eigenvalue weighted by atomic mass is 10.2. The number of nitro benzene ring substituents is 1. The Labute approximate surface area is 183 Å². The Kier molecular flexibility index (Phi) is 7.27. The average Bonchev–Trinajstić information content (AvgIpc) is 2.72. The molecule has 0 atom stereocenters. The van der Waals surface area contributed by atoms with Gasteiger partial charge in [-0.1, -0.05) is 18.5 Å². The van der Waals surface area contributed by atoms with E-state index in [0.29, 0.717) is 36.9 Å².